The lowest BCUT2D eigenvalue weighted by Gasteiger charge is -2.58. The van der Waals surface area contributed by atoms with Gasteiger partial charge in [0.2, 0.25) is 5.60 Å². The number of hydrogen-bond donors (Lipinski definition) is 2. The van der Waals surface area contributed by atoms with Gasteiger partial charge in [0.05, 0.1) is 5.41 Å². The lowest BCUT2D eigenvalue weighted by atomic mass is 9.49. The fraction of sp³-hybridized carbons (Fsp3) is 0.560. The van der Waals surface area contributed by atoms with E-state index in [0.29, 0.717) is 0 Å². The van der Waals surface area contributed by atoms with Crippen LogP contribution in [0.1, 0.15) is 25.8 Å². The number of methoxy groups -OCH3 is 1. The maximum absolute atomic E-state index is 14.4. The molecule has 0 amide bonds. The predicted octanol–water partition coefficient (Wildman–Crippen LogP) is 1.55. The number of benzene rings is 1. The van der Waals surface area contributed by atoms with Crippen LogP contribution >= 0.6 is 0 Å². The number of carbonyl (C=O) groups is 3. The third-order valence-electron chi connectivity index (χ3n) is 8.75. The van der Waals surface area contributed by atoms with Gasteiger partial charge in [-0.1, -0.05) is 37.3 Å². The Morgan fingerprint density at radius 3 is 2.43 bits per heavy atom. The molecular formula is C25H25F3O9. The summed E-state index contributed by atoms with van der Waals surface area (Å²) in [5, 5.41) is 22.4. The van der Waals surface area contributed by atoms with Crippen LogP contribution in [0.5, 0.6) is 0 Å². The van der Waals surface area contributed by atoms with Crippen molar-refractivity contribution < 1.29 is 56.7 Å². The summed E-state index contributed by atoms with van der Waals surface area (Å²) in [7, 11) is 0.741. The Morgan fingerprint density at radius 1 is 1.19 bits per heavy atom. The van der Waals surface area contributed by atoms with Crippen molar-refractivity contribution in [2.45, 2.75) is 56.0 Å². The average molecular weight is 526 g/mol. The van der Waals surface area contributed by atoms with E-state index in [9.17, 15) is 37.8 Å². The number of fused-ring (bicyclic) bond motifs is 4. The fourth-order valence-electron chi connectivity index (χ4n) is 6.65. The van der Waals surface area contributed by atoms with E-state index in [2.05, 4.69) is 0 Å². The van der Waals surface area contributed by atoms with Crippen LogP contribution in [0.4, 0.5) is 13.2 Å². The van der Waals surface area contributed by atoms with Gasteiger partial charge in [-0.3, -0.25) is 0 Å². The fourth-order valence-corrected chi connectivity index (χ4v) is 6.65. The first kappa shape index (κ1) is 25.7. The Morgan fingerprint density at radius 2 is 1.84 bits per heavy atom. The molecule has 9 nitrogen and oxygen atoms in total. The second kappa shape index (κ2) is 7.78. The summed E-state index contributed by atoms with van der Waals surface area (Å²) in [6.45, 7) is 2.65. The summed E-state index contributed by atoms with van der Waals surface area (Å²) in [5.74, 6) is -4.82. The number of hydrogen-bond acceptors (Lipinski definition) is 9. The van der Waals surface area contributed by atoms with Crippen LogP contribution in [0.2, 0.25) is 0 Å². The molecule has 3 fully saturated rings. The number of aliphatic hydroxyl groups is 2. The van der Waals surface area contributed by atoms with Gasteiger partial charge in [-0.2, -0.15) is 13.2 Å². The molecule has 2 N–H and O–H groups in total. The van der Waals surface area contributed by atoms with Gasteiger partial charge in [0.1, 0.15) is 18.8 Å². The molecule has 200 valence electrons. The molecule has 0 unspecified atom stereocenters. The lowest BCUT2D eigenvalue weighted by Crippen LogP contribution is -2.71. The Balaban J connectivity index is 1.60. The van der Waals surface area contributed by atoms with Gasteiger partial charge < -0.3 is 29.2 Å². The van der Waals surface area contributed by atoms with Crippen LogP contribution in [0.3, 0.4) is 0 Å². The molecule has 1 aromatic carbocycles. The monoisotopic (exact) mass is 526 g/mol. The maximum atomic E-state index is 14.4. The molecule has 4 aliphatic rings. The minimum Gasteiger partial charge on any atom is -0.462 e. The van der Waals surface area contributed by atoms with Gasteiger partial charge in [0.15, 0.2) is 6.10 Å². The standard InChI is InChI=1S/C25H25F3O9/c1-12-14(36-20(32)24(34-3,25(26,27)28)13-7-5-4-6-8-13)9-15-21(2)11-35-19(31)23(21,33)16-10-22(12,15)17(29)18(30)37-16/h4-9,12,14,16-17,29,33H,10-11H2,1-3H3/t12-,14-,16-,17+,21+,22-,23-,24+/m1/s1. The van der Waals surface area contributed by atoms with Crippen molar-refractivity contribution in [1.82, 2.24) is 0 Å². The van der Waals surface area contributed by atoms with Gasteiger partial charge >= 0.3 is 24.1 Å². The first-order valence-electron chi connectivity index (χ1n) is 11.6. The second-order valence-electron chi connectivity index (χ2n) is 10.2. The summed E-state index contributed by atoms with van der Waals surface area (Å²) in [6, 6.07) is 6.28. The van der Waals surface area contributed by atoms with Gasteiger partial charge in [-0.05, 0) is 18.6 Å². The van der Waals surface area contributed by atoms with Crippen molar-refractivity contribution in [3.8, 4) is 0 Å². The molecule has 1 spiro atoms. The SMILES string of the molecule is CO[C@](C(=O)O[C@@H]1C=C2[C@@]3(C[C@@H](OC(=O)[C@@H]3O)[C@@]3(O)C(=O)OC[C@@]23C)[C@@H]1C)(c1ccccc1)C(F)(F)F. The van der Waals surface area contributed by atoms with Gasteiger partial charge in [-0.15, -0.1) is 0 Å². The van der Waals surface area contributed by atoms with E-state index in [4.69, 9.17) is 18.9 Å². The minimum absolute atomic E-state index is 0.189. The first-order chi connectivity index (χ1) is 17.2. The Labute approximate surface area is 209 Å². The molecule has 1 aromatic rings. The Bertz CT molecular complexity index is 1200. The summed E-state index contributed by atoms with van der Waals surface area (Å²) < 4.78 is 63.8. The minimum atomic E-state index is -5.21. The van der Waals surface area contributed by atoms with Crippen LogP contribution in [0.15, 0.2) is 42.0 Å². The molecule has 0 aromatic heterocycles. The molecule has 0 radical (unpaired) electrons. The number of halogens is 3. The summed E-state index contributed by atoms with van der Waals surface area (Å²) >= 11 is 0. The number of carbonyl (C=O) groups excluding carboxylic acids is 3. The van der Waals surface area contributed by atoms with Crippen molar-refractivity contribution in [1.29, 1.82) is 0 Å². The zero-order valence-electron chi connectivity index (χ0n) is 20.1. The molecule has 2 heterocycles. The van der Waals surface area contributed by atoms with Crippen LogP contribution in [0.25, 0.3) is 0 Å². The summed E-state index contributed by atoms with van der Waals surface area (Å²) in [6.07, 6.45) is -8.67. The summed E-state index contributed by atoms with van der Waals surface area (Å²) in [4.78, 5) is 38.6. The molecule has 2 saturated heterocycles. The van der Waals surface area contributed by atoms with E-state index >= 15 is 0 Å². The highest BCUT2D eigenvalue weighted by molar-refractivity contribution is 5.89. The lowest BCUT2D eigenvalue weighted by molar-refractivity contribution is -0.278. The second-order valence-corrected chi connectivity index (χ2v) is 10.2. The van der Waals surface area contributed by atoms with Crippen molar-refractivity contribution in [3.63, 3.8) is 0 Å². The van der Waals surface area contributed by atoms with Gasteiger partial charge in [0, 0.05) is 30.4 Å². The molecule has 5 rings (SSSR count). The van der Waals surface area contributed by atoms with Crippen LogP contribution in [0, 0.1) is 16.7 Å². The third-order valence-corrected chi connectivity index (χ3v) is 8.75. The molecule has 12 heteroatoms. The zero-order valence-corrected chi connectivity index (χ0v) is 20.1. The van der Waals surface area contributed by atoms with Gasteiger partial charge in [-0.25, -0.2) is 14.4 Å². The summed E-state index contributed by atoms with van der Waals surface area (Å²) in [5.41, 5.74) is -9.05. The van der Waals surface area contributed by atoms with Crippen LogP contribution in [-0.4, -0.2) is 71.9 Å². The largest absolute Gasteiger partial charge is 0.462 e. The van der Waals surface area contributed by atoms with E-state index in [0.717, 1.165) is 19.2 Å². The Kier molecular flexibility index (Phi) is 5.40. The van der Waals surface area contributed by atoms with Crippen LogP contribution < -0.4 is 0 Å². The molecule has 2 bridgehead atoms. The molecule has 1 saturated carbocycles. The number of cyclic esters (lactones) is 1. The van der Waals surface area contributed by atoms with Crippen LogP contribution in [-0.2, 0) is 38.9 Å². The normalized spacial score (nSPS) is 40.1. The first-order valence-corrected chi connectivity index (χ1v) is 11.6. The maximum Gasteiger partial charge on any atom is 0.432 e. The highest BCUT2D eigenvalue weighted by atomic mass is 19.4. The topological polar surface area (TPSA) is 129 Å². The molecular weight excluding hydrogens is 501 g/mol. The van der Waals surface area contributed by atoms with E-state index in [1.54, 1.807) is 0 Å². The average Bonchev–Trinajstić information content (AvgIpc) is 3.25. The van der Waals surface area contributed by atoms with Crippen molar-refractivity contribution in [3.05, 3.63) is 47.5 Å². The highest BCUT2D eigenvalue weighted by Gasteiger charge is 2.79. The number of aliphatic hydroxyl groups excluding tert-OH is 1. The van der Waals surface area contributed by atoms with Crippen molar-refractivity contribution in [2.75, 3.05) is 13.7 Å². The van der Waals surface area contributed by atoms with Crippen molar-refractivity contribution >= 4 is 17.9 Å². The number of rotatable bonds is 4. The van der Waals surface area contributed by atoms with E-state index in [-0.39, 0.29) is 18.6 Å². The number of ether oxygens (including phenoxy) is 4. The molecule has 2 aliphatic carbocycles. The quantitative estimate of drug-likeness (QED) is 0.341. The smallest absolute Gasteiger partial charge is 0.432 e. The zero-order chi connectivity index (χ0) is 27.2. The van der Waals surface area contributed by atoms with E-state index in [1.165, 1.54) is 38.1 Å². The molecule has 2 aliphatic heterocycles. The number of esters is 3. The van der Waals surface area contributed by atoms with Crippen molar-refractivity contribution in [2.24, 2.45) is 16.7 Å². The van der Waals surface area contributed by atoms with E-state index in [1.807, 2.05) is 0 Å². The van der Waals surface area contributed by atoms with Gasteiger partial charge in [0.25, 0.3) is 5.60 Å². The number of alkyl halides is 3. The predicted molar refractivity (Wildman–Crippen MR) is 115 cm³/mol. The highest BCUT2D eigenvalue weighted by Crippen LogP contribution is 2.68. The Hall–Kier alpha value is -2.96. The molecule has 37 heavy (non-hydrogen) atoms. The molecule has 8 atom stereocenters. The van der Waals surface area contributed by atoms with E-state index < -0.39 is 75.9 Å². The third kappa shape index (κ3) is 2.89.